The summed E-state index contributed by atoms with van der Waals surface area (Å²) < 4.78 is 10.2. The van der Waals surface area contributed by atoms with Crippen molar-refractivity contribution >= 4 is 17.7 Å². The summed E-state index contributed by atoms with van der Waals surface area (Å²) >= 11 is 0. The molecule has 0 fully saturated rings. The van der Waals surface area contributed by atoms with Gasteiger partial charge in [0.15, 0.2) is 0 Å². The smallest absolute Gasteiger partial charge is 0.319 e. The van der Waals surface area contributed by atoms with Crippen LogP contribution in [0.2, 0.25) is 0 Å². The van der Waals surface area contributed by atoms with Gasteiger partial charge in [-0.2, -0.15) is 0 Å². The first-order valence-electron chi connectivity index (χ1n) is 6.92. The molecule has 7 nitrogen and oxygen atoms in total. The van der Waals surface area contributed by atoms with Gasteiger partial charge in [0.05, 0.1) is 26.2 Å². The van der Waals surface area contributed by atoms with Gasteiger partial charge in [-0.3, -0.25) is 0 Å². The van der Waals surface area contributed by atoms with Crippen LogP contribution in [0, 0.1) is 5.92 Å². The maximum absolute atomic E-state index is 12.0. The topological polar surface area (TPSA) is 99.7 Å². The molecule has 0 saturated carbocycles. The predicted molar refractivity (Wildman–Crippen MR) is 80.0 cm³/mol. The van der Waals surface area contributed by atoms with Gasteiger partial charge in [-0.1, -0.05) is 20.3 Å². The molecule has 22 heavy (non-hydrogen) atoms. The van der Waals surface area contributed by atoms with E-state index >= 15 is 0 Å². The molecular formula is C15H21N2O5-. The van der Waals surface area contributed by atoms with Gasteiger partial charge in [-0.15, -0.1) is 0 Å². The zero-order chi connectivity index (χ0) is 16.7. The van der Waals surface area contributed by atoms with Gasteiger partial charge in [-0.05, 0) is 5.92 Å². The molecule has 1 aromatic rings. The van der Waals surface area contributed by atoms with Gasteiger partial charge >= 0.3 is 6.03 Å². The van der Waals surface area contributed by atoms with Crippen molar-refractivity contribution in [2.45, 2.75) is 26.3 Å². The number of rotatable bonds is 7. The first-order valence-corrected chi connectivity index (χ1v) is 6.92. The zero-order valence-electron chi connectivity index (χ0n) is 13.1. The maximum Gasteiger partial charge on any atom is 0.319 e. The Labute approximate surface area is 129 Å². The van der Waals surface area contributed by atoms with E-state index in [2.05, 4.69) is 10.6 Å². The Balaban J connectivity index is 2.81. The molecule has 7 heteroatoms. The van der Waals surface area contributed by atoms with Crippen LogP contribution in [0.1, 0.15) is 20.3 Å². The van der Waals surface area contributed by atoms with Crippen LogP contribution in [-0.4, -0.2) is 32.3 Å². The lowest BCUT2D eigenvalue weighted by Gasteiger charge is -2.25. The lowest BCUT2D eigenvalue weighted by molar-refractivity contribution is -0.309. The zero-order valence-corrected chi connectivity index (χ0v) is 13.1. The Bertz CT molecular complexity index is 510. The number of carbonyl (C=O) groups excluding carboxylic acids is 2. The molecule has 0 aliphatic carbocycles. The van der Waals surface area contributed by atoms with Crippen LogP contribution < -0.4 is 25.2 Å². The molecular weight excluding hydrogens is 288 g/mol. The Hall–Kier alpha value is -2.44. The third kappa shape index (κ3) is 4.83. The van der Waals surface area contributed by atoms with Crippen molar-refractivity contribution < 1.29 is 24.2 Å². The van der Waals surface area contributed by atoms with E-state index < -0.39 is 18.0 Å². The molecule has 0 saturated heterocycles. The number of anilines is 1. The highest BCUT2D eigenvalue weighted by Crippen LogP contribution is 2.25. The van der Waals surface area contributed by atoms with E-state index in [9.17, 15) is 14.7 Å². The number of carbonyl (C=O) groups is 2. The van der Waals surface area contributed by atoms with Crippen molar-refractivity contribution in [2.24, 2.45) is 5.92 Å². The molecule has 1 rings (SSSR count). The van der Waals surface area contributed by atoms with E-state index in [1.54, 1.807) is 25.1 Å². The van der Waals surface area contributed by atoms with Crippen LogP contribution in [0.3, 0.4) is 0 Å². The van der Waals surface area contributed by atoms with Gasteiger partial charge in [0.2, 0.25) is 0 Å². The Morgan fingerprint density at radius 3 is 2.14 bits per heavy atom. The largest absolute Gasteiger partial charge is 0.548 e. The van der Waals surface area contributed by atoms with Gasteiger partial charge < -0.3 is 30.0 Å². The molecule has 2 atom stereocenters. The molecule has 0 aliphatic heterocycles. The third-order valence-electron chi connectivity index (χ3n) is 3.36. The van der Waals surface area contributed by atoms with E-state index in [-0.39, 0.29) is 5.92 Å². The van der Waals surface area contributed by atoms with Gasteiger partial charge in [0.25, 0.3) is 0 Å². The summed E-state index contributed by atoms with van der Waals surface area (Å²) in [6.45, 7) is 3.57. The van der Waals surface area contributed by atoms with Crippen LogP contribution >= 0.6 is 0 Å². The van der Waals surface area contributed by atoms with Gasteiger partial charge in [0.1, 0.15) is 11.5 Å². The maximum atomic E-state index is 12.0. The molecule has 0 aromatic heterocycles. The van der Waals surface area contributed by atoms with Crippen LogP contribution in [0.5, 0.6) is 11.5 Å². The number of hydrogen-bond donors (Lipinski definition) is 2. The predicted octanol–water partition coefficient (Wildman–Crippen LogP) is 0.990. The first kappa shape index (κ1) is 17.6. The molecule has 0 heterocycles. The number of hydrogen-bond acceptors (Lipinski definition) is 5. The highest BCUT2D eigenvalue weighted by atomic mass is 16.5. The minimum atomic E-state index is -1.31. The summed E-state index contributed by atoms with van der Waals surface area (Å²) in [6, 6.07) is 3.16. The Morgan fingerprint density at radius 1 is 1.18 bits per heavy atom. The fourth-order valence-electron chi connectivity index (χ4n) is 1.86. The lowest BCUT2D eigenvalue weighted by atomic mass is 9.99. The van der Waals surface area contributed by atoms with Crippen LogP contribution in [0.25, 0.3) is 0 Å². The molecule has 0 spiro atoms. The van der Waals surface area contributed by atoms with Crippen LogP contribution in [-0.2, 0) is 4.79 Å². The number of urea groups is 1. The molecule has 122 valence electrons. The fourth-order valence-corrected chi connectivity index (χ4v) is 1.86. The van der Waals surface area contributed by atoms with E-state index in [0.29, 0.717) is 23.6 Å². The quantitative estimate of drug-likeness (QED) is 0.782. The number of amides is 2. The summed E-state index contributed by atoms with van der Waals surface area (Å²) in [5, 5.41) is 16.0. The average molecular weight is 309 g/mol. The third-order valence-corrected chi connectivity index (χ3v) is 3.36. The van der Waals surface area contributed by atoms with Crippen molar-refractivity contribution in [3.05, 3.63) is 18.2 Å². The molecule has 0 unspecified atom stereocenters. The number of methoxy groups -OCH3 is 2. The second-order valence-corrected chi connectivity index (χ2v) is 4.88. The summed E-state index contributed by atoms with van der Waals surface area (Å²) in [6.07, 6.45) is 0.603. The second-order valence-electron chi connectivity index (χ2n) is 4.88. The lowest BCUT2D eigenvalue weighted by Crippen LogP contribution is -2.52. The van der Waals surface area contributed by atoms with E-state index in [4.69, 9.17) is 9.47 Å². The molecule has 1 aromatic carbocycles. The SMILES string of the molecule is CC[C@@H](C)[C@H](NC(=O)Nc1cc(OC)cc(OC)c1)C(=O)[O-]. The summed E-state index contributed by atoms with van der Waals surface area (Å²) in [5.41, 5.74) is 0.426. The van der Waals surface area contributed by atoms with E-state index in [1.165, 1.54) is 14.2 Å². The minimum absolute atomic E-state index is 0.240. The van der Waals surface area contributed by atoms with Crippen LogP contribution in [0.15, 0.2) is 18.2 Å². The van der Waals surface area contributed by atoms with E-state index in [1.807, 2.05) is 6.92 Å². The van der Waals surface area contributed by atoms with Crippen molar-refractivity contribution in [3.63, 3.8) is 0 Å². The number of benzene rings is 1. The summed E-state index contributed by atoms with van der Waals surface area (Å²) in [4.78, 5) is 23.0. The molecule has 0 aliphatic rings. The summed E-state index contributed by atoms with van der Waals surface area (Å²) in [7, 11) is 2.99. The highest BCUT2D eigenvalue weighted by molar-refractivity contribution is 5.92. The van der Waals surface area contributed by atoms with Gasteiger partial charge in [-0.25, -0.2) is 4.79 Å². The van der Waals surface area contributed by atoms with Crippen LogP contribution in [0.4, 0.5) is 10.5 Å². The normalized spacial score (nSPS) is 12.9. The van der Waals surface area contributed by atoms with Crippen molar-refractivity contribution in [2.75, 3.05) is 19.5 Å². The second kappa shape index (κ2) is 8.11. The average Bonchev–Trinajstić information content (AvgIpc) is 2.50. The number of aliphatic carboxylic acids is 1. The molecule has 0 radical (unpaired) electrons. The van der Waals surface area contributed by atoms with Crippen molar-refractivity contribution in [3.8, 4) is 11.5 Å². The number of nitrogens with one attached hydrogen (secondary N) is 2. The van der Waals surface area contributed by atoms with Crippen molar-refractivity contribution in [1.29, 1.82) is 0 Å². The highest BCUT2D eigenvalue weighted by Gasteiger charge is 2.19. The fraction of sp³-hybridized carbons (Fsp3) is 0.467. The first-order chi connectivity index (χ1) is 10.4. The molecule has 2 N–H and O–H groups in total. The summed E-state index contributed by atoms with van der Waals surface area (Å²) in [5.74, 6) is -0.538. The van der Waals surface area contributed by atoms with E-state index in [0.717, 1.165) is 0 Å². The minimum Gasteiger partial charge on any atom is -0.548 e. The Kier molecular flexibility index (Phi) is 6.49. The number of carboxylic acids is 1. The van der Waals surface area contributed by atoms with Gasteiger partial charge in [0, 0.05) is 23.9 Å². The van der Waals surface area contributed by atoms with Crippen molar-refractivity contribution in [1.82, 2.24) is 5.32 Å². The molecule has 0 bridgehead atoms. The number of carboxylic acid groups (broad SMARTS) is 1. The monoisotopic (exact) mass is 309 g/mol. The molecule has 2 amide bonds. The standard InChI is InChI=1S/C15H22N2O5/c1-5-9(2)13(14(18)19)17-15(20)16-10-6-11(21-3)8-12(7-10)22-4/h6-9,13H,5H2,1-4H3,(H,18,19)(H2,16,17,20)/p-1/t9-,13+/m1/s1. The Morgan fingerprint density at radius 2 is 1.73 bits per heavy atom. The number of ether oxygens (including phenoxy) is 2.